The van der Waals surface area contributed by atoms with Gasteiger partial charge >= 0.3 is 5.69 Å². The molecule has 13 heteroatoms. The van der Waals surface area contributed by atoms with Gasteiger partial charge < -0.3 is 19.8 Å². The molecule has 10 nitrogen and oxygen atoms in total. The number of phenolic OH excluding ortho intramolecular Hbond substituents is 1. The molecule has 0 saturated carbocycles. The summed E-state index contributed by atoms with van der Waals surface area (Å²) in [6.07, 6.45) is 2.60. The standard InChI is InChI=1S/C34H36F3N7O3/c1-8-22(46)42-14-19-13-41(7)30-25-31(27(37)24(26(30)36)23-20(35)10-9-11-21(23)45)44(34(47)40-33(25)43(19)12-18(42)6)32-28(16(2)3)38-15-39-29(32)17(4)5/h8-11,15-19,45H,1,12-14H2,2-7H3. The predicted molar refractivity (Wildman–Crippen MR) is 174 cm³/mol. The molecule has 1 saturated heterocycles. The Morgan fingerprint density at radius 3 is 2.26 bits per heavy atom. The number of fused-ring (bicyclic) bond motifs is 2. The van der Waals surface area contributed by atoms with Crippen LogP contribution < -0.4 is 15.5 Å². The average molecular weight is 648 g/mol. The number of amides is 1. The Balaban J connectivity index is 1.82. The third-order valence-corrected chi connectivity index (χ3v) is 9.04. The molecule has 2 aromatic carbocycles. The number of phenols is 1. The maximum absolute atomic E-state index is 17.4. The van der Waals surface area contributed by atoms with Crippen LogP contribution in [-0.4, -0.2) is 74.2 Å². The highest BCUT2D eigenvalue weighted by Crippen LogP contribution is 2.48. The van der Waals surface area contributed by atoms with Crippen molar-refractivity contribution in [2.24, 2.45) is 0 Å². The number of aromatic hydroxyl groups is 1. The number of rotatable bonds is 5. The van der Waals surface area contributed by atoms with Crippen LogP contribution in [0.2, 0.25) is 0 Å². The Morgan fingerprint density at radius 2 is 1.66 bits per heavy atom. The minimum atomic E-state index is -1.25. The zero-order chi connectivity index (χ0) is 34.1. The van der Waals surface area contributed by atoms with Crippen molar-refractivity contribution in [3.05, 3.63) is 76.5 Å². The molecule has 47 heavy (non-hydrogen) atoms. The van der Waals surface area contributed by atoms with Crippen molar-refractivity contribution in [2.75, 3.05) is 36.5 Å². The van der Waals surface area contributed by atoms with Crippen LogP contribution in [0.3, 0.4) is 0 Å². The molecule has 2 aliphatic rings. The first-order valence-electron chi connectivity index (χ1n) is 15.5. The van der Waals surface area contributed by atoms with Crippen LogP contribution in [0.1, 0.15) is 57.8 Å². The van der Waals surface area contributed by atoms with Gasteiger partial charge in [0.15, 0.2) is 11.6 Å². The molecule has 4 aromatic rings. The summed E-state index contributed by atoms with van der Waals surface area (Å²) < 4.78 is 50.9. The third-order valence-electron chi connectivity index (χ3n) is 9.04. The molecule has 2 unspecified atom stereocenters. The highest BCUT2D eigenvalue weighted by Gasteiger charge is 2.42. The quantitative estimate of drug-likeness (QED) is 0.293. The zero-order valence-corrected chi connectivity index (χ0v) is 27.1. The molecule has 2 atom stereocenters. The number of benzene rings is 2. The normalized spacial score (nSPS) is 17.8. The Labute approximate surface area is 269 Å². The van der Waals surface area contributed by atoms with Crippen molar-refractivity contribution in [3.8, 4) is 22.6 Å². The molecular weight excluding hydrogens is 611 g/mol. The van der Waals surface area contributed by atoms with E-state index in [4.69, 9.17) is 0 Å². The van der Waals surface area contributed by atoms with Gasteiger partial charge in [0.2, 0.25) is 5.91 Å². The Kier molecular flexibility index (Phi) is 7.97. The van der Waals surface area contributed by atoms with E-state index in [1.165, 1.54) is 18.5 Å². The van der Waals surface area contributed by atoms with Crippen molar-refractivity contribution in [2.45, 2.75) is 58.5 Å². The van der Waals surface area contributed by atoms with Gasteiger partial charge in [-0.25, -0.2) is 27.9 Å². The first-order valence-corrected chi connectivity index (χ1v) is 15.5. The number of nitrogens with zero attached hydrogens (tertiary/aromatic N) is 7. The van der Waals surface area contributed by atoms with Gasteiger partial charge in [-0.05, 0) is 37.0 Å². The number of hydrogen-bond acceptors (Lipinski definition) is 8. The molecule has 246 valence electrons. The number of carbonyl (C=O) groups is 1. The van der Waals surface area contributed by atoms with Gasteiger partial charge in [-0.1, -0.05) is 40.3 Å². The lowest BCUT2D eigenvalue weighted by atomic mass is 9.97. The number of hydrogen-bond donors (Lipinski definition) is 1. The summed E-state index contributed by atoms with van der Waals surface area (Å²) in [5.41, 5.74) is -1.77. The van der Waals surface area contributed by atoms with Crippen molar-refractivity contribution in [3.63, 3.8) is 0 Å². The van der Waals surface area contributed by atoms with E-state index in [1.54, 1.807) is 16.8 Å². The van der Waals surface area contributed by atoms with Crippen molar-refractivity contribution >= 4 is 28.3 Å². The molecule has 2 aromatic heterocycles. The maximum atomic E-state index is 17.4. The monoisotopic (exact) mass is 647 g/mol. The van der Waals surface area contributed by atoms with E-state index < -0.39 is 46.1 Å². The van der Waals surface area contributed by atoms with E-state index in [2.05, 4.69) is 21.5 Å². The summed E-state index contributed by atoms with van der Waals surface area (Å²) in [6, 6.07) is 2.53. The average Bonchev–Trinajstić information content (AvgIpc) is 3.13. The first-order chi connectivity index (χ1) is 22.3. The third kappa shape index (κ3) is 4.90. The van der Waals surface area contributed by atoms with Crippen LogP contribution in [0.5, 0.6) is 5.75 Å². The molecule has 0 bridgehead atoms. The van der Waals surface area contributed by atoms with Gasteiger partial charge in [-0.2, -0.15) is 4.98 Å². The van der Waals surface area contributed by atoms with E-state index in [-0.39, 0.29) is 71.5 Å². The van der Waals surface area contributed by atoms with Gasteiger partial charge in [0.25, 0.3) is 0 Å². The van der Waals surface area contributed by atoms with Gasteiger partial charge in [0, 0.05) is 32.7 Å². The van der Waals surface area contributed by atoms with Crippen LogP contribution in [0.15, 0.2) is 42.0 Å². The second kappa shape index (κ2) is 11.7. The number of likely N-dealkylation sites (N-methyl/N-ethyl adjacent to an activating group) is 1. The molecule has 2 aliphatic heterocycles. The van der Waals surface area contributed by atoms with E-state index in [1.807, 2.05) is 39.5 Å². The number of carbonyl (C=O) groups excluding carboxylic acids is 1. The number of piperazine rings is 1. The minimum absolute atomic E-state index is 0.00635. The summed E-state index contributed by atoms with van der Waals surface area (Å²) in [7, 11) is 1.60. The molecule has 0 aliphatic carbocycles. The number of anilines is 2. The van der Waals surface area contributed by atoms with Crippen LogP contribution in [-0.2, 0) is 4.79 Å². The molecule has 6 rings (SSSR count). The van der Waals surface area contributed by atoms with Crippen molar-refractivity contribution < 1.29 is 23.1 Å². The lowest BCUT2D eigenvalue weighted by Crippen LogP contribution is -2.61. The van der Waals surface area contributed by atoms with E-state index >= 15 is 13.2 Å². The molecule has 0 radical (unpaired) electrons. The van der Waals surface area contributed by atoms with Crippen LogP contribution in [0.4, 0.5) is 24.7 Å². The van der Waals surface area contributed by atoms with Crippen molar-refractivity contribution in [1.29, 1.82) is 0 Å². The SMILES string of the molecule is C=CC(=O)N1CC2CN(C)c3c(F)c(-c4c(O)cccc4F)c(F)c4c3c(nc(=O)n4-c3c(C(C)C)ncnc3C(C)C)N2CC1C. The second-order valence-corrected chi connectivity index (χ2v) is 12.8. The second-order valence-electron chi connectivity index (χ2n) is 12.8. The first kappa shape index (κ1) is 32.0. The van der Waals surface area contributed by atoms with E-state index in [0.717, 1.165) is 16.7 Å². The molecule has 1 fully saturated rings. The molecule has 1 N–H and O–H groups in total. The summed E-state index contributed by atoms with van der Waals surface area (Å²) in [6.45, 7) is 13.5. The predicted octanol–water partition coefficient (Wildman–Crippen LogP) is 5.25. The minimum Gasteiger partial charge on any atom is -0.507 e. The summed E-state index contributed by atoms with van der Waals surface area (Å²) in [5.74, 6) is -4.84. The summed E-state index contributed by atoms with van der Waals surface area (Å²) in [5, 5.41) is 10.7. The fraction of sp³-hybridized carbons (Fsp3) is 0.382. The number of halogens is 3. The smallest absolute Gasteiger partial charge is 0.354 e. The molecule has 4 heterocycles. The highest BCUT2D eigenvalue weighted by atomic mass is 19.1. The van der Waals surface area contributed by atoms with Crippen LogP contribution in [0.25, 0.3) is 27.7 Å². The highest BCUT2D eigenvalue weighted by molar-refractivity contribution is 6.06. The van der Waals surface area contributed by atoms with Gasteiger partial charge in [-0.15, -0.1) is 0 Å². The fourth-order valence-corrected chi connectivity index (χ4v) is 6.90. The molecular formula is C34H36F3N7O3. The molecule has 0 spiro atoms. The van der Waals surface area contributed by atoms with Crippen LogP contribution >= 0.6 is 0 Å². The largest absolute Gasteiger partial charge is 0.507 e. The van der Waals surface area contributed by atoms with E-state index in [9.17, 15) is 14.7 Å². The van der Waals surface area contributed by atoms with Gasteiger partial charge in [0.05, 0.1) is 45.3 Å². The van der Waals surface area contributed by atoms with Crippen LogP contribution in [0, 0.1) is 17.5 Å². The van der Waals surface area contributed by atoms with Gasteiger partial charge in [0.1, 0.15) is 29.2 Å². The number of aromatic nitrogens is 4. The zero-order valence-electron chi connectivity index (χ0n) is 27.1. The maximum Gasteiger partial charge on any atom is 0.354 e. The lowest BCUT2D eigenvalue weighted by molar-refractivity contribution is -0.128. The topological polar surface area (TPSA) is 108 Å². The summed E-state index contributed by atoms with van der Waals surface area (Å²) >= 11 is 0. The Bertz CT molecular complexity index is 1970. The fourth-order valence-electron chi connectivity index (χ4n) is 6.90. The van der Waals surface area contributed by atoms with Gasteiger partial charge in [-0.3, -0.25) is 9.36 Å². The molecule has 1 amide bonds. The lowest BCUT2D eigenvalue weighted by Gasteiger charge is -2.45. The van der Waals surface area contributed by atoms with Crippen molar-refractivity contribution in [1.82, 2.24) is 24.4 Å². The Morgan fingerprint density at radius 1 is 1.00 bits per heavy atom. The van der Waals surface area contributed by atoms with E-state index in [0.29, 0.717) is 11.4 Å². The Hall–Kier alpha value is -4.94. The summed E-state index contributed by atoms with van der Waals surface area (Å²) in [4.78, 5) is 45.6.